The molecule has 18 heavy (non-hydrogen) atoms. The second kappa shape index (κ2) is 6.02. The van der Waals surface area contributed by atoms with Gasteiger partial charge in [0.25, 0.3) is 0 Å². The van der Waals surface area contributed by atoms with Crippen molar-refractivity contribution in [3.63, 3.8) is 0 Å². The van der Waals surface area contributed by atoms with Crippen molar-refractivity contribution in [1.82, 2.24) is 9.80 Å². The Morgan fingerprint density at radius 3 is 2.61 bits per heavy atom. The molecule has 4 heteroatoms. The largest absolute Gasteiger partial charge is 0.372 e. The summed E-state index contributed by atoms with van der Waals surface area (Å²) in [5.41, 5.74) is 0.0257. The van der Waals surface area contributed by atoms with Crippen molar-refractivity contribution in [2.24, 2.45) is 0 Å². The van der Waals surface area contributed by atoms with Crippen LogP contribution in [0.2, 0.25) is 0 Å². The van der Waals surface area contributed by atoms with Gasteiger partial charge in [-0.15, -0.1) is 0 Å². The van der Waals surface area contributed by atoms with Gasteiger partial charge in [0.1, 0.15) is 0 Å². The molecule has 4 nitrogen and oxygen atoms in total. The van der Waals surface area contributed by atoms with Crippen LogP contribution in [0.15, 0.2) is 0 Å². The number of carbonyl (C=O) groups excluding carboxylic acids is 1. The third kappa shape index (κ3) is 3.23. The van der Waals surface area contributed by atoms with Crippen LogP contribution in [-0.2, 0) is 9.53 Å². The maximum atomic E-state index is 11.4. The Labute approximate surface area is 110 Å². The molecular weight excluding hydrogens is 228 g/mol. The minimum atomic E-state index is 0.0257. The molecule has 0 radical (unpaired) electrons. The SMILES string of the molecule is CCCCN1CCOC2(CCN(C(C)=O)CC2)C1. The van der Waals surface area contributed by atoms with Crippen molar-refractivity contribution in [3.05, 3.63) is 0 Å². The molecule has 0 saturated carbocycles. The molecule has 1 spiro atoms. The van der Waals surface area contributed by atoms with Gasteiger partial charge in [0.05, 0.1) is 12.2 Å². The lowest BCUT2D eigenvalue weighted by Crippen LogP contribution is -2.57. The zero-order valence-electron chi connectivity index (χ0n) is 11.8. The quantitative estimate of drug-likeness (QED) is 0.765. The monoisotopic (exact) mass is 254 g/mol. The number of carbonyl (C=O) groups is 1. The summed E-state index contributed by atoms with van der Waals surface area (Å²) < 4.78 is 6.07. The van der Waals surface area contributed by atoms with Crippen molar-refractivity contribution in [2.75, 3.05) is 39.3 Å². The Bertz CT molecular complexity index is 286. The summed E-state index contributed by atoms with van der Waals surface area (Å²) in [6.45, 7) is 9.78. The Hall–Kier alpha value is -0.610. The van der Waals surface area contributed by atoms with E-state index in [9.17, 15) is 4.79 Å². The highest BCUT2D eigenvalue weighted by molar-refractivity contribution is 5.73. The lowest BCUT2D eigenvalue weighted by molar-refractivity contribution is -0.149. The molecule has 0 N–H and O–H groups in total. The van der Waals surface area contributed by atoms with Crippen molar-refractivity contribution in [1.29, 1.82) is 0 Å². The normalized spacial score (nSPS) is 24.4. The van der Waals surface area contributed by atoms with Crippen molar-refractivity contribution < 1.29 is 9.53 Å². The molecule has 2 aliphatic heterocycles. The first kappa shape index (κ1) is 13.8. The van der Waals surface area contributed by atoms with Gasteiger partial charge in [0.15, 0.2) is 0 Å². The Morgan fingerprint density at radius 2 is 2.00 bits per heavy atom. The van der Waals surface area contributed by atoms with Gasteiger partial charge in [-0.1, -0.05) is 13.3 Å². The zero-order chi connectivity index (χ0) is 13.0. The summed E-state index contributed by atoms with van der Waals surface area (Å²) in [5.74, 6) is 0.198. The molecule has 0 aliphatic carbocycles. The van der Waals surface area contributed by atoms with E-state index in [0.29, 0.717) is 0 Å². The van der Waals surface area contributed by atoms with Gasteiger partial charge < -0.3 is 9.64 Å². The van der Waals surface area contributed by atoms with Gasteiger partial charge in [-0.3, -0.25) is 9.69 Å². The van der Waals surface area contributed by atoms with E-state index in [-0.39, 0.29) is 11.5 Å². The molecule has 0 aromatic heterocycles. The highest BCUT2D eigenvalue weighted by Crippen LogP contribution is 2.30. The van der Waals surface area contributed by atoms with Crippen molar-refractivity contribution in [2.45, 2.75) is 45.1 Å². The Balaban J connectivity index is 1.86. The predicted octanol–water partition coefficient (Wildman–Crippen LogP) is 1.50. The number of unbranched alkanes of at least 4 members (excludes halogenated alkanes) is 1. The van der Waals surface area contributed by atoms with Gasteiger partial charge in [0, 0.05) is 33.1 Å². The number of nitrogens with zero attached hydrogens (tertiary/aromatic N) is 2. The highest BCUT2D eigenvalue weighted by atomic mass is 16.5. The zero-order valence-corrected chi connectivity index (χ0v) is 11.8. The molecular formula is C14H26N2O2. The van der Waals surface area contributed by atoms with Gasteiger partial charge in [0.2, 0.25) is 5.91 Å². The molecule has 2 saturated heterocycles. The molecule has 2 heterocycles. The van der Waals surface area contributed by atoms with Crippen molar-refractivity contribution >= 4 is 5.91 Å². The topological polar surface area (TPSA) is 32.8 Å². The second-order valence-electron chi connectivity index (χ2n) is 5.67. The Morgan fingerprint density at radius 1 is 1.28 bits per heavy atom. The first-order valence-corrected chi connectivity index (χ1v) is 7.27. The minimum absolute atomic E-state index is 0.0257. The van der Waals surface area contributed by atoms with Crippen LogP contribution in [0.3, 0.4) is 0 Å². The van der Waals surface area contributed by atoms with E-state index in [1.54, 1.807) is 6.92 Å². The fourth-order valence-electron chi connectivity index (χ4n) is 3.03. The number of morpholine rings is 1. The van der Waals surface area contributed by atoms with Gasteiger partial charge in [-0.05, 0) is 25.8 Å². The van der Waals surface area contributed by atoms with Crippen LogP contribution in [0.4, 0.5) is 0 Å². The van der Waals surface area contributed by atoms with E-state index in [1.807, 2.05) is 4.90 Å². The summed E-state index contributed by atoms with van der Waals surface area (Å²) in [4.78, 5) is 15.8. The van der Waals surface area contributed by atoms with Gasteiger partial charge in [-0.2, -0.15) is 0 Å². The van der Waals surface area contributed by atoms with Crippen LogP contribution in [-0.4, -0.2) is 60.6 Å². The fourth-order valence-corrected chi connectivity index (χ4v) is 3.03. The van der Waals surface area contributed by atoms with Crippen LogP contribution in [0.1, 0.15) is 39.5 Å². The average molecular weight is 254 g/mol. The van der Waals surface area contributed by atoms with E-state index in [4.69, 9.17) is 4.74 Å². The molecule has 2 aliphatic rings. The van der Waals surface area contributed by atoms with E-state index in [2.05, 4.69) is 11.8 Å². The van der Waals surface area contributed by atoms with Crippen LogP contribution >= 0.6 is 0 Å². The lowest BCUT2D eigenvalue weighted by atomic mass is 9.89. The van der Waals surface area contributed by atoms with Crippen LogP contribution in [0, 0.1) is 0 Å². The number of amides is 1. The molecule has 104 valence electrons. The number of likely N-dealkylation sites (tertiary alicyclic amines) is 1. The van der Waals surface area contributed by atoms with E-state index in [0.717, 1.165) is 45.6 Å². The summed E-state index contributed by atoms with van der Waals surface area (Å²) in [7, 11) is 0. The summed E-state index contributed by atoms with van der Waals surface area (Å²) >= 11 is 0. The Kier molecular flexibility index (Phi) is 4.62. The van der Waals surface area contributed by atoms with Crippen molar-refractivity contribution in [3.8, 4) is 0 Å². The van der Waals surface area contributed by atoms with Crippen LogP contribution in [0.5, 0.6) is 0 Å². The fraction of sp³-hybridized carbons (Fsp3) is 0.929. The molecule has 2 rings (SSSR count). The smallest absolute Gasteiger partial charge is 0.219 e. The lowest BCUT2D eigenvalue weighted by Gasteiger charge is -2.47. The second-order valence-corrected chi connectivity index (χ2v) is 5.67. The number of hydrogen-bond donors (Lipinski definition) is 0. The number of rotatable bonds is 3. The van der Waals surface area contributed by atoms with Gasteiger partial charge >= 0.3 is 0 Å². The number of piperidine rings is 1. The predicted molar refractivity (Wildman–Crippen MR) is 71.5 cm³/mol. The molecule has 0 bridgehead atoms. The third-order valence-electron chi connectivity index (χ3n) is 4.28. The third-order valence-corrected chi connectivity index (χ3v) is 4.28. The minimum Gasteiger partial charge on any atom is -0.372 e. The number of hydrogen-bond acceptors (Lipinski definition) is 3. The van der Waals surface area contributed by atoms with E-state index < -0.39 is 0 Å². The van der Waals surface area contributed by atoms with E-state index >= 15 is 0 Å². The number of ether oxygens (including phenoxy) is 1. The molecule has 0 aromatic carbocycles. The first-order valence-electron chi connectivity index (χ1n) is 7.27. The summed E-state index contributed by atoms with van der Waals surface area (Å²) in [6.07, 6.45) is 4.52. The van der Waals surface area contributed by atoms with Gasteiger partial charge in [-0.25, -0.2) is 0 Å². The van der Waals surface area contributed by atoms with E-state index in [1.165, 1.54) is 19.4 Å². The molecule has 0 atom stereocenters. The highest BCUT2D eigenvalue weighted by Gasteiger charge is 2.39. The standard InChI is InChI=1S/C14H26N2O2/c1-3-4-7-15-10-11-18-14(12-15)5-8-16(9-6-14)13(2)17/h3-12H2,1-2H3. The molecule has 1 amide bonds. The van der Waals surface area contributed by atoms with Crippen LogP contribution in [0.25, 0.3) is 0 Å². The molecule has 0 aromatic rings. The van der Waals surface area contributed by atoms with Crippen LogP contribution < -0.4 is 0 Å². The summed E-state index contributed by atoms with van der Waals surface area (Å²) in [5, 5.41) is 0. The maximum Gasteiger partial charge on any atom is 0.219 e. The molecule has 0 unspecified atom stereocenters. The molecule has 2 fully saturated rings. The average Bonchev–Trinajstić information content (AvgIpc) is 2.37. The summed E-state index contributed by atoms with van der Waals surface area (Å²) in [6, 6.07) is 0. The first-order chi connectivity index (χ1) is 8.65. The maximum absolute atomic E-state index is 11.4.